The van der Waals surface area contributed by atoms with Crippen LogP contribution in [0.5, 0.6) is 0 Å². The molecule has 1 heterocycles. The molecule has 1 unspecified atom stereocenters. The molecule has 0 bridgehead atoms. The van der Waals surface area contributed by atoms with E-state index in [0.29, 0.717) is 6.61 Å². The summed E-state index contributed by atoms with van der Waals surface area (Å²) in [4.78, 5) is 0. The summed E-state index contributed by atoms with van der Waals surface area (Å²) >= 11 is 0. The first-order chi connectivity index (χ1) is 6.40. The highest BCUT2D eigenvalue weighted by Gasteiger charge is 2.32. The average molecular weight is 178 g/mol. The Morgan fingerprint density at radius 1 is 1.38 bits per heavy atom. The highest BCUT2D eigenvalue weighted by Crippen LogP contribution is 2.07. The van der Waals surface area contributed by atoms with Gasteiger partial charge in [0.2, 0.25) is 0 Å². The van der Waals surface area contributed by atoms with Gasteiger partial charge in [0.25, 0.3) is 0 Å². The molecule has 1 aliphatic heterocycles. The van der Waals surface area contributed by atoms with Crippen molar-refractivity contribution in [1.29, 1.82) is 0 Å². The summed E-state index contributed by atoms with van der Waals surface area (Å²) in [5, 5.41) is 8.83. The Morgan fingerprint density at radius 3 is 2.77 bits per heavy atom. The fraction of sp³-hybridized carbons (Fsp3) is 0.333. The predicted molar refractivity (Wildman–Crippen MR) is 49.7 cm³/mol. The minimum absolute atomic E-state index is 0.0172. The second-order valence-electron chi connectivity index (χ2n) is 3.02. The zero-order chi connectivity index (χ0) is 9.10. The third-order valence-corrected chi connectivity index (χ3v) is 2.02. The summed E-state index contributed by atoms with van der Waals surface area (Å²) in [6.45, 7) is 0.486. The number of aliphatic hydroxyl groups excluding tert-OH is 1. The van der Waals surface area contributed by atoms with Crippen LogP contribution in [-0.4, -0.2) is 31.5 Å². The largest absolute Gasteiger partial charge is 0.494 e. The van der Waals surface area contributed by atoms with Gasteiger partial charge in [0.1, 0.15) is 0 Å². The van der Waals surface area contributed by atoms with Gasteiger partial charge in [-0.15, -0.1) is 0 Å². The van der Waals surface area contributed by atoms with E-state index >= 15 is 0 Å². The number of hydrogen-bond donors (Lipinski definition) is 1. The summed E-state index contributed by atoms with van der Waals surface area (Å²) in [5.41, 5.74) is 0.999. The Balaban J connectivity index is 2.04. The van der Waals surface area contributed by atoms with Crippen molar-refractivity contribution in [3.05, 3.63) is 30.3 Å². The van der Waals surface area contributed by atoms with Crippen LogP contribution in [0.4, 0.5) is 0 Å². The summed E-state index contributed by atoms with van der Waals surface area (Å²) in [6.07, 6.45) is -0.176. The molecule has 4 heteroatoms. The highest BCUT2D eigenvalue weighted by atomic mass is 16.6. The number of aliphatic hydroxyl groups is 1. The predicted octanol–water partition coefficient (Wildman–Crippen LogP) is -0.211. The van der Waals surface area contributed by atoms with Crippen LogP contribution >= 0.6 is 0 Å². The minimum atomic E-state index is -0.307. The quantitative estimate of drug-likeness (QED) is 0.636. The SMILES string of the molecule is OCC1COB(c2ccccc2)O1. The van der Waals surface area contributed by atoms with E-state index in [1.807, 2.05) is 30.3 Å². The third kappa shape index (κ3) is 1.91. The number of hydrogen-bond acceptors (Lipinski definition) is 3. The van der Waals surface area contributed by atoms with E-state index in [1.54, 1.807) is 0 Å². The molecule has 1 aromatic rings. The van der Waals surface area contributed by atoms with Gasteiger partial charge in [-0.05, 0) is 5.46 Å². The van der Waals surface area contributed by atoms with Crippen molar-refractivity contribution in [2.75, 3.05) is 13.2 Å². The topological polar surface area (TPSA) is 38.7 Å². The van der Waals surface area contributed by atoms with E-state index in [0.717, 1.165) is 5.46 Å². The van der Waals surface area contributed by atoms with Gasteiger partial charge in [-0.2, -0.15) is 0 Å². The summed E-state index contributed by atoms with van der Waals surface area (Å²) in [6, 6.07) is 9.72. The Bertz CT molecular complexity index is 265. The van der Waals surface area contributed by atoms with Crippen molar-refractivity contribution < 1.29 is 14.4 Å². The maximum absolute atomic E-state index is 8.83. The van der Waals surface area contributed by atoms with Gasteiger partial charge in [0, 0.05) is 0 Å². The molecule has 1 N–H and O–H groups in total. The first-order valence-corrected chi connectivity index (χ1v) is 4.33. The molecule has 68 valence electrons. The molecule has 1 aromatic carbocycles. The molecule has 0 saturated carbocycles. The van der Waals surface area contributed by atoms with Crippen LogP contribution < -0.4 is 5.46 Å². The lowest BCUT2D eigenvalue weighted by molar-refractivity contribution is 0.134. The van der Waals surface area contributed by atoms with Crippen molar-refractivity contribution in [3.63, 3.8) is 0 Å². The molecule has 0 radical (unpaired) electrons. The molecule has 0 aliphatic carbocycles. The monoisotopic (exact) mass is 178 g/mol. The maximum atomic E-state index is 8.83. The van der Waals surface area contributed by atoms with Crippen LogP contribution in [0.15, 0.2) is 30.3 Å². The summed E-state index contributed by atoms with van der Waals surface area (Å²) < 4.78 is 10.8. The first-order valence-electron chi connectivity index (χ1n) is 4.33. The second kappa shape index (κ2) is 3.92. The van der Waals surface area contributed by atoms with Gasteiger partial charge in [0.05, 0.1) is 19.3 Å². The molecule has 1 atom stereocenters. The molecule has 0 spiro atoms. The number of rotatable bonds is 2. The molecular formula is C9H11BO3. The van der Waals surface area contributed by atoms with Gasteiger partial charge >= 0.3 is 7.12 Å². The molecule has 0 aromatic heterocycles. The molecule has 1 aliphatic rings. The Morgan fingerprint density at radius 2 is 2.15 bits per heavy atom. The molecule has 3 nitrogen and oxygen atoms in total. The van der Waals surface area contributed by atoms with Crippen molar-refractivity contribution in [1.82, 2.24) is 0 Å². The molecule has 1 saturated heterocycles. The van der Waals surface area contributed by atoms with Crippen LogP contribution in [0, 0.1) is 0 Å². The lowest BCUT2D eigenvalue weighted by Gasteiger charge is -2.05. The number of benzene rings is 1. The molecule has 2 rings (SSSR count). The van der Waals surface area contributed by atoms with Crippen molar-refractivity contribution in [2.24, 2.45) is 0 Å². The van der Waals surface area contributed by atoms with Crippen LogP contribution in [0.2, 0.25) is 0 Å². The van der Waals surface area contributed by atoms with Gasteiger partial charge < -0.3 is 14.4 Å². The van der Waals surface area contributed by atoms with Crippen molar-refractivity contribution >= 4 is 12.6 Å². The Kier molecular flexibility index (Phi) is 2.64. The molecule has 1 fully saturated rings. The second-order valence-corrected chi connectivity index (χ2v) is 3.02. The van der Waals surface area contributed by atoms with E-state index in [4.69, 9.17) is 14.4 Å². The van der Waals surface area contributed by atoms with Gasteiger partial charge in [-0.3, -0.25) is 0 Å². The Labute approximate surface area is 77.4 Å². The zero-order valence-corrected chi connectivity index (χ0v) is 7.22. The molecule has 0 amide bonds. The molecule has 13 heavy (non-hydrogen) atoms. The average Bonchev–Trinajstić information content (AvgIpc) is 2.67. The lowest BCUT2D eigenvalue weighted by atomic mass is 9.80. The van der Waals surface area contributed by atoms with E-state index in [2.05, 4.69) is 0 Å². The van der Waals surface area contributed by atoms with E-state index in [1.165, 1.54) is 0 Å². The smallest absolute Gasteiger partial charge is 0.405 e. The fourth-order valence-corrected chi connectivity index (χ4v) is 1.33. The van der Waals surface area contributed by atoms with E-state index < -0.39 is 0 Å². The normalized spacial score (nSPS) is 22.2. The summed E-state index contributed by atoms with van der Waals surface area (Å²) in [5.74, 6) is 0. The fourth-order valence-electron chi connectivity index (χ4n) is 1.33. The Hall–Kier alpha value is -0.835. The van der Waals surface area contributed by atoms with Gasteiger partial charge in [-0.1, -0.05) is 30.3 Å². The molecular weight excluding hydrogens is 167 g/mol. The van der Waals surface area contributed by atoms with Crippen LogP contribution in [-0.2, 0) is 9.31 Å². The van der Waals surface area contributed by atoms with Gasteiger partial charge in [-0.25, -0.2) is 0 Å². The van der Waals surface area contributed by atoms with Crippen molar-refractivity contribution in [2.45, 2.75) is 6.10 Å². The third-order valence-electron chi connectivity index (χ3n) is 2.02. The zero-order valence-electron chi connectivity index (χ0n) is 7.22. The van der Waals surface area contributed by atoms with Gasteiger partial charge in [0.15, 0.2) is 0 Å². The summed E-state index contributed by atoms with van der Waals surface area (Å²) in [7, 11) is -0.307. The van der Waals surface area contributed by atoms with Crippen LogP contribution in [0.1, 0.15) is 0 Å². The van der Waals surface area contributed by atoms with E-state index in [9.17, 15) is 0 Å². The van der Waals surface area contributed by atoms with Crippen LogP contribution in [0.3, 0.4) is 0 Å². The highest BCUT2D eigenvalue weighted by molar-refractivity contribution is 6.61. The maximum Gasteiger partial charge on any atom is 0.494 e. The standard InChI is InChI=1S/C9H11BO3/c11-6-9-7-12-10(13-9)8-4-2-1-3-5-8/h1-5,9,11H,6-7H2. The lowest BCUT2D eigenvalue weighted by Crippen LogP contribution is -2.32. The van der Waals surface area contributed by atoms with Crippen molar-refractivity contribution in [3.8, 4) is 0 Å². The van der Waals surface area contributed by atoms with E-state index in [-0.39, 0.29) is 19.8 Å². The van der Waals surface area contributed by atoms with Crippen LogP contribution in [0.25, 0.3) is 0 Å². The first kappa shape index (κ1) is 8.75. The minimum Gasteiger partial charge on any atom is -0.405 e.